The van der Waals surface area contributed by atoms with Gasteiger partial charge in [-0.2, -0.15) is 0 Å². The lowest BCUT2D eigenvalue weighted by Gasteiger charge is -2.12. The number of hydrogen-bond donors (Lipinski definition) is 1. The van der Waals surface area contributed by atoms with E-state index in [-0.39, 0.29) is 0 Å². The predicted octanol–water partition coefficient (Wildman–Crippen LogP) is 2.37. The van der Waals surface area contributed by atoms with E-state index in [2.05, 4.69) is 43.2 Å². The molecule has 19 heavy (non-hydrogen) atoms. The van der Waals surface area contributed by atoms with Crippen molar-refractivity contribution in [3.8, 4) is 5.75 Å². The van der Waals surface area contributed by atoms with Crippen LogP contribution in [-0.2, 0) is 6.54 Å². The number of nitrogen functional groups attached to an aromatic ring is 1. The molecule has 1 heterocycles. The first-order chi connectivity index (χ1) is 9.06. The number of nitrogens with zero attached hydrogens (tertiary/aromatic N) is 3. The third-order valence-electron chi connectivity index (χ3n) is 3.01. The summed E-state index contributed by atoms with van der Waals surface area (Å²) >= 11 is 0. The molecule has 0 radical (unpaired) electrons. The van der Waals surface area contributed by atoms with Crippen LogP contribution in [0.25, 0.3) is 0 Å². The molecule has 2 aromatic rings. The summed E-state index contributed by atoms with van der Waals surface area (Å²) in [6.07, 6.45) is 1.69. The van der Waals surface area contributed by atoms with Gasteiger partial charge >= 0.3 is 0 Å². The molecule has 0 atom stereocenters. The highest BCUT2D eigenvalue weighted by atomic mass is 16.5. The quantitative estimate of drug-likeness (QED) is 0.896. The fourth-order valence-electron chi connectivity index (χ4n) is 2.07. The molecule has 1 aromatic carbocycles. The fraction of sp³-hybridized carbons (Fsp3) is 0.429. The zero-order chi connectivity index (χ0) is 13.8. The Balaban J connectivity index is 1.91. The number of aromatic nitrogens is 3. The van der Waals surface area contributed by atoms with E-state index in [1.165, 1.54) is 11.1 Å². The Morgan fingerprint density at radius 3 is 2.74 bits per heavy atom. The Bertz CT molecular complexity index is 548. The molecule has 0 amide bonds. The monoisotopic (exact) mass is 260 g/mol. The molecule has 0 aliphatic rings. The minimum atomic E-state index is 0.428. The Morgan fingerprint density at radius 2 is 2.16 bits per heavy atom. The van der Waals surface area contributed by atoms with Gasteiger partial charge in [-0.25, -0.2) is 4.68 Å². The third kappa shape index (κ3) is 3.47. The fourth-order valence-corrected chi connectivity index (χ4v) is 2.07. The van der Waals surface area contributed by atoms with Gasteiger partial charge in [-0.1, -0.05) is 25.1 Å². The maximum atomic E-state index is 5.71. The van der Waals surface area contributed by atoms with Crippen molar-refractivity contribution in [2.24, 2.45) is 0 Å². The number of ether oxygens (including phenoxy) is 1. The summed E-state index contributed by atoms with van der Waals surface area (Å²) in [5.74, 6) is 1.85. The molecule has 5 heteroatoms. The lowest BCUT2D eigenvalue weighted by atomic mass is 9.98. The molecule has 2 N–H and O–H groups in total. The Morgan fingerprint density at radius 1 is 1.37 bits per heavy atom. The second-order valence-corrected chi connectivity index (χ2v) is 4.93. The summed E-state index contributed by atoms with van der Waals surface area (Å²) in [5.41, 5.74) is 8.11. The Kier molecular flexibility index (Phi) is 4.04. The van der Waals surface area contributed by atoms with E-state index in [4.69, 9.17) is 10.5 Å². The van der Waals surface area contributed by atoms with Gasteiger partial charge in [0.2, 0.25) is 0 Å². The maximum absolute atomic E-state index is 5.71. The molecule has 5 nitrogen and oxygen atoms in total. The molecule has 0 fully saturated rings. The first kappa shape index (κ1) is 13.4. The van der Waals surface area contributed by atoms with Crippen LogP contribution in [0.4, 0.5) is 5.82 Å². The van der Waals surface area contributed by atoms with Crippen molar-refractivity contribution in [3.63, 3.8) is 0 Å². The van der Waals surface area contributed by atoms with Crippen molar-refractivity contribution in [3.05, 3.63) is 35.5 Å². The molecular weight excluding hydrogens is 240 g/mol. The van der Waals surface area contributed by atoms with Crippen molar-refractivity contribution in [1.29, 1.82) is 0 Å². The molecule has 0 bridgehead atoms. The molecule has 102 valence electrons. The van der Waals surface area contributed by atoms with E-state index >= 15 is 0 Å². The third-order valence-corrected chi connectivity index (χ3v) is 3.01. The second-order valence-electron chi connectivity index (χ2n) is 4.93. The number of nitrogens with two attached hydrogens (primary N) is 1. The van der Waals surface area contributed by atoms with Gasteiger partial charge in [0.05, 0.1) is 12.7 Å². The van der Waals surface area contributed by atoms with Gasteiger partial charge in [-0.3, -0.25) is 0 Å². The van der Waals surface area contributed by atoms with E-state index < -0.39 is 0 Å². The van der Waals surface area contributed by atoms with Crippen molar-refractivity contribution >= 4 is 5.82 Å². The van der Waals surface area contributed by atoms with Gasteiger partial charge in [-0.15, -0.1) is 5.10 Å². The Hall–Kier alpha value is -2.04. The molecule has 1 aromatic heterocycles. The highest BCUT2D eigenvalue weighted by molar-refractivity contribution is 5.36. The van der Waals surface area contributed by atoms with Crippen LogP contribution in [0.15, 0.2) is 24.4 Å². The lowest BCUT2D eigenvalue weighted by Crippen LogP contribution is -2.09. The second kappa shape index (κ2) is 5.73. The topological polar surface area (TPSA) is 66.0 Å². The van der Waals surface area contributed by atoms with Gasteiger partial charge in [0.25, 0.3) is 0 Å². The van der Waals surface area contributed by atoms with E-state index in [1.807, 2.05) is 6.07 Å². The van der Waals surface area contributed by atoms with Crippen molar-refractivity contribution in [2.75, 3.05) is 12.3 Å². The minimum Gasteiger partial charge on any atom is -0.492 e. The minimum absolute atomic E-state index is 0.428. The van der Waals surface area contributed by atoms with Crippen LogP contribution in [0.5, 0.6) is 5.75 Å². The zero-order valence-electron chi connectivity index (χ0n) is 11.6. The molecule has 2 rings (SSSR count). The first-order valence-corrected chi connectivity index (χ1v) is 6.45. The molecule has 0 unspecified atom stereocenters. The summed E-state index contributed by atoms with van der Waals surface area (Å²) in [4.78, 5) is 0. The smallest absolute Gasteiger partial charge is 0.165 e. The summed E-state index contributed by atoms with van der Waals surface area (Å²) in [6.45, 7) is 7.68. The summed E-state index contributed by atoms with van der Waals surface area (Å²) in [7, 11) is 0. The van der Waals surface area contributed by atoms with Crippen LogP contribution in [-0.4, -0.2) is 21.6 Å². The molecule has 0 spiro atoms. The molecule has 0 aliphatic carbocycles. The van der Waals surface area contributed by atoms with Crippen LogP contribution in [0.2, 0.25) is 0 Å². The number of anilines is 1. The highest BCUT2D eigenvalue weighted by Gasteiger charge is 2.05. The SMILES string of the molecule is Cc1cc(OCCn2cc(N)nn2)ccc1C(C)C. The van der Waals surface area contributed by atoms with Gasteiger partial charge < -0.3 is 10.5 Å². The number of rotatable bonds is 5. The largest absolute Gasteiger partial charge is 0.492 e. The van der Waals surface area contributed by atoms with E-state index in [0.717, 1.165) is 5.75 Å². The summed E-state index contributed by atoms with van der Waals surface area (Å²) in [6, 6.07) is 6.21. The van der Waals surface area contributed by atoms with E-state index in [1.54, 1.807) is 10.9 Å². The number of benzene rings is 1. The van der Waals surface area contributed by atoms with Crippen LogP contribution >= 0.6 is 0 Å². The van der Waals surface area contributed by atoms with E-state index in [0.29, 0.717) is 24.9 Å². The molecular formula is C14H20N4O. The van der Waals surface area contributed by atoms with Crippen molar-refractivity contribution in [1.82, 2.24) is 15.0 Å². The van der Waals surface area contributed by atoms with Crippen LogP contribution in [0, 0.1) is 6.92 Å². The average Bonchev–Trinajstić information content (AvgIpc) is 2.75. The average molecular weight is 260 g/mol. The Labute approximate surface area is 113 Å². The zero-order valence-corrected chi connectivity index (χ0v) is 11.6. The van der Waals surface area contributed by atoms with Gasteiger partial charge in [-0.05, 0) is 36.1 Å². The van der Waals surface area contributed by atoms with Crippen molar-refractivity contribution in [2.45, 2.75) is 33.2 Å². The standard InChI is InChI=1S/C14H20N4O/c1-10(2)13-5-4-12(8-11(13)3)19-7-6-18-9-14(15)16-17-18/h4-5,8-10H,6-7,15H2,1-3H3. The predicted molar refractivity (Wildman–Crippen MR) is 75.2 cm³/mol. The lowest BCUT2D eigenvalue weighted by molar-refractivity contribution is 0.289. The normalized spacial score (nSPS) is 10.9. The van der Waals surface area contributed by atoms with Crippen LogP contribution in [0.1, 0.15) is 30.9 Å². The molecule has 0 saturated carbocycles. The summed E-state index contributed by atoms with van der Waals surface area (Å²) < 4.78 is 7.38. The highest BCUT2D eigenvalue weighted by Crippen LogP contribution is 2.23. The molecule has 0 saturated heterocycles. The number of hydrogen-bond acceptors (Lipinski definition) is 4. The van der Waals surface area contributed by atoms with Crippen LogP contribution < -0.4 is 10.5 Å². The van der Waals surface area contributed by atoms with E-state index in [9.17, 15) is 0 Å². The van der Waals surface area contributed by atoms with Gasteiger partial charge in [0.15, 0.2) is 5.82 Å². The summed E-state index contributed by atoms with van der Waals surface area (Å²) in [5, 5.41) is 7.59. The first-order valence-electron chi connectivity index (χ1n) is 6.45. The number of aryl methyl sites for hydroxylation is 1. The van der Waals surface area contributed by atoms with Gasteiger partial charge in [0, 0.05) is 0 Å². The van der Waals surface area contributed by atoms with Crippen molar-refractivity contribution < 1.29 is 4.74 Å². The maximum Gasteiger partial charge on any atom is 0.165 e. The van der Waals surface area contributed by atoms with Gasteiger partial charge in [0.1, 0.15) is 12.4 Å². The molecule has 0 aliphatic heterocycles. The van der Waals surface area contributed by atoms with Crippen LogP contribution in [0.3, 0.4) is 0 Å².